The molecular formula is C10H19N3. The fraction of sp³-hybridized carbons (Fsp3) is 0.700. The Morgan fingerprint density at radius 1 is 1.46 bits per heavy atom. The van der Waals surface area contributed by atoms with Crippen molar-refractivity contribution in [2.24, 2.45) is 5.92 Å². The molecule has 74 valence electrons. The number of hydrogen-bond acceptors (Lipinski definition) is 3. The molecule has 0 atom stereocenters. The Kier molecular flexibility index (Phi) is 3.80. The minimum absolute atomic E-state index is 0.856. The van der Waals surface area contributed by atoms with Crippen LogP contribution < -0.4 is 5.32 Å². The van der Waals surface area contributed by atoms with Crippen molar-refractivity contribution in [3.05, 3.63) is 11.9 Å². The van der Waals surface area contributed by atoms with E-state index < -0.39 is 0 Å². The van der Waals surface area contributed by atoms with E-state index in [4.69, 9.17) is 5.41 Å². The van der Waals surface area contributed by atoms with Gasteiger partial charge in [0, 0.05) is 26.4 Å². The summed E-state index contributed by atoms with van der Waals surface area (Å²) >= 11 is 0. The predicted molar refractivity (Wildman–Crippen MR) is 55.9 cm³/mol. The maximum absolute atomic E-state index is 7.03. The van der Waals surface area contributed by atoms with Gasteiger partial charge in [0.25, 0.3) is 0 Å². The Hall–Kier alpha value is -0.990. The second-order valence-corrected chi connectivity index (χ2v) is 3.64. The first-order valence-electron chi connectivity index (χ1n) is 4.91. The molecule has 0 radical (unpaired) electrons. The van der Waals surface area contributed by atoms with Crippen LogP contribution >= 0.6 is 0 Å². The molecule has 0 saturated carbocycles. The van der Waals surface area contributed by atoms with Gasteiger partial charge in [0.2, 0.25) is 0 Å². The van der Waals surface area contributed by atoms with Crippen LogP contribution in [-0.2, 0) is 0 Å². The highest BCUT2D eigenvalue weighted by Gasteiger charge is 2.16. The van der Waals surface area contributed by atoms with Gasteiger partial charge in [-0.1, -0.05) is 6.92 Å². The van der Waals surface area contributed by atoms with Crippen LogP contribution in [0.1, 0.15) is 19.8 Å². The van der Waals surface area contributed by atoms with Gasteiger partial charge in [-0.15, -0.1) is 0 Å². The monoisotopic (exact) mass is 181 g/mol. The van der Waals surface area contributed by atoms with Crippen LogP contribution in [0.25, 0.3) is 0 Å². The van der Waals surface area contributed by atoms with Crippen LogP contribution in [0, 0.1) is 11.3 Å². The molecule has 0 amide bonds. The highest BCUT2D eigenvalue weighted by molar-refractivity contribution is 5.68. The largest absolute Gasteiger partial charge is 0.375 e. The molecule has 0 aromatic heterocycles. The van der Waals surface area contributed by atoms with Gasteiger partial charge in [0.05, 0.1) is 0 Å². The van der Waals surface area contributed by atoms with Gasteiger partial charge >= 0.3 is 0 Å². The van der Waals surface area contributed by atoms with E-state index in [1.54, 1.807) is 0 Å². The minimum Gasteiger partial charge on any atom is -0.375 e. The molecule has 1 saturated heterocycles. The molecule has 0 spiro atoms. The summed E-state index contributed by atoms with van der Waals surface area (Å²) in [5.74, 6) is 1.93. The van der Waals surface area contributed by atoms with Crippen LogP contribution in [0.15, 0.2) is 11.9 Å². The van der Waals surface area contributed by atoms with Gasteiger partial charge in [-0.2, -0.15) is 0 Å². The summed E-state index contributed by atoms with van der Waals surface area (Å²) in [5.41, 5.74) is 0. The van der Waals surface area contributed by atoms with E-state index in [1.165, 1.54) is 19.1 Å². The molecule has 0 aromatic carbocycles. The van der Waals surface area contributed by atoms with Gasteiger partial charge in [-0.25, -0.2) is 0 Å². The number of rotatable bonds is 3. The molecule has 0 aromatic rings. The van der Waals surface area contributed by atoms with Crippen molar-refractivity contribution in [3.63, 3.8) is 0 Å². The SMILES string of the molecule is CN/C(=C\C=N)N1CCC(C)CC1. The zero-order valence-corrected chi connectivity index (χ0v) is 8.51. The quantitative estimate of drug-likeness (QED) is 0.646. The van der Waals surface area contributed by atoms with Crippen LogP contribution in [0.4, 0.5) is 0 Å². The van der Waals surface area contributed by atoms with Crippen LogP contribution in [0.5, 0.6) is 0 Å². The summed E-state index contributed by atoms with van der Waals surface area (Å²) < 4.78 is 0. The third kappa shape index (κ3) is 2.76. The highest BCUT2D eigenvalue weighted by atomic mass is 15.2. The molecule has 13 heavy (non-hydrogen) atoms. The number of piperidine rings is 1. The number of likely N-dealkylation sites (tertiary alicyclic amines) is 1. The van der Waals surface area contributed by atoms with Crippen molar-refractivity contribution < 1.29 is 0 Å². The average Bonchev–Trinajstić information content (AvgIpc) is 2.16. The lowest BCUT2D eigenvalue weighted by Crippen LogP contribution is -2.36. The molecule has 1 aliphatic heterocycles. The molecule has 3 heteroatoms. The standard InChI is InChI=1S/C10H19N3/c1-9-4-7-13(8-5-9)10(12-2)3-6-11/h3,6,9,11-12H,4-5,7-8H2,1-2H3/b10-3+,11-6?. The molecular weight excluding hydrogens is 162 g/mol. The molecule has 1 rings (SSSR count). The lowest BCUT2D eigenvalue weighted by atomic mass is 9.99. The summed E-state index contributed by atoms with van der Waals surface area (Å²) in [5, 5.41) is 10.1. The Morgan fingerprint density at radius 2 is 2.08 bits per heavy atom. The second kappa shape index (κ2) is 4.90. The first-order chi connectivity index (χ1) is 6.27. The van der Waals surface area contributed by atoms with E-state index in [9.17, 15) is 0 Å². The molecule has 0 bridgehead atoms. The third-order valence-corrected chi connectivity index (χ3v) is 2.62. The minimum atomic E-state index is 0.856. The van der Waals surface area contributed by atoms with Crippen molar-refractivity contribution in [3.8, 4) is 0 Å². The van der Waals surface area contributed by atoms with Crippen LogP contribution in [0.2, 0.25) is 0 Å². The Balaban J connectivity index is 2.51. The summed E-state index contributed by atoms with van der Waals surface area (Å²) in [4.78, 5) is 2.31. The van der Waals surface area contributed by atoms with Gasteiger partial charge in [0.15, 0.2) is 0 Å². The van der Waals surface area contributed by atoms with E-state index in [0.29, 0.717) is 0 Å². The maximum atomic E-state index is 7.03. The van der Waals surface area contributed by atoms with Gasteiger partial charge in [0.1, 0.15) is 5.82 Å². The smallest absolute Gasteiger partial charge is 0.103 e. The number of nitrogens with zero attached hydrogens (tertiary/aromatic N) is 1. The van der Waals surface area contributed by atoms with Crippen molar-refractivity contribution in [2.75, 3.05) is 20.1 Å². The molecule has 1 heterocycles. The summed E-state index contributed by atoms with van der Waals surface area (Å²) in [6.07, 6.45) is 5.67. The topological polar surface area (TPSA) is 39.1 Å². The van der Waals surface area contributed by atoms with E-state index in [2.05, 4.69) is 17.1 Å². The fourth-order valence-corrected chi connectivity index (χ4v) is 1.68. The molecule has 3 nitrogen and oxygen atoms in total. The normalized spacial score (nSPS) is 20.2. The average molecular weight is 181 g/mol. The van der Waals surface area contributed by atoms with E-state index in [-0.39, 0.29) is 0 Å². The zero-order valence-electron chi connectivity index (χ0n) is 8.51. The highest BCUT2D eigenvalue weighted by Crippen LogP contribution is 2.18. The van der Waals surface area contributed by atoms with E-state index >= 15 is 0 Å². The number of nitrogens with one attached hydrogen (secondary N) is 2. The van der Waals surface area contributed by atoms with E-state index in [0.717, 1.165) is 24.8 Å². The molecule has 0 unspecified atom stereocenters. The van der Waals surface area contributed by atoms with Crippen molar-refractivity contribution >= 4 is 6.21 Å². The first kappa shape index (κ1) is 10.1. The summed E-state index contributed by atoms with van der Waals surface area (Å²) in [7, 11) is 1.91. The lowest BCUT2D eigenvalue weighted by Gasteiger charge is -2.33. The Labute approximate surface area is 80.3 Å². The van der Waals surface area contributed by atoms with Gasteiger partial charge in [-0.05, 0) is 24.8 Å². The molecule has 1 aliphatic rings. The second-order valence-electron chi connectivity index (χ2n) is 3.64. The maximum Gasteiger partial charge on any atom is 0.103 e. The van der Waals surface area contributed by atoms with Crippen LogP contribution in [-0.4, -0.2) is 31.3 Å². The van der Waals surface area contributed by atoms with Gasteiger partial charge in [-0.3, -0.25) is 0 Å². The Morgan fingerprint density at radius 3 is 2.54 bits per heavy atom. The predicted octanol–water partition coefficient (Wildman–Crippen LogP) is 1.43. The van der Waals surface area contributed by atoms with Crippen molar-refractivity contribution in [2.45, 2.75) is 19.8 Å². The summed E-state index contributed by atoms with van der Waals surface area (Å²) in [6, 6.07) is 0. The summed E-state index contributed by atoms with van der Waals surface area (Å²) in [6.45, 7) is 4.53. The van der Waals surface area contributed by atoms with Crippen molar-refractivity contribution in [1.82, 2.24) is 10.2 Å². The first-order valence-corrected chi connectivity index (χ1v) is 4.91. The molecule has 0 aliphatic carbocycles. The molecule has 1 fully saturated rings. The molecule has 2 N–H and O–H groups in total. The lowest BCUT2D eigenvalue weighted by molar-refractivity contribution is 0.227. The Bertz CT molecular complexity index is 190. The van der Waals surface area contributed by atoms with Crippen LogP contribution in [0.3, 0.4) is 0 Å². The number of hydrogen-bond donors (Lipinski definition) is 2. The van der Waals surface area contributed by atoms with E-state index in [1.807, 2.05) is 13.1 Å². The number of allylic oxidation sites excluding steroid dienone is 1. The third-order valence-electron chi connectivity index (χ3n) is 2.62. The fourth-order valence-electron chi connectivity index (χ4n) is 1.68. The van der Waals surface area contributed by atoms with Gasteiger partial charge < -0.3 is 15.6 Å². The zero-order chi connectivity index (χ0) is 9.68. The van der Waals surface area contributed by atoms with Crippen molar-refractivity contribution in [1.29, 1.82) is 5.41 Å².